The Labute approximate surface area is 79.8 Å². The highest BCUT2D eigenvalue weighted by molar-refractivity contribution is 5.79. The van der Waals surface area contributed by atoms with Gasteiger partial charge in [0.25, 0.3) is 0 Å². The molecule has 3 nitrogen and oxygen atoms in total. The quantitative estimate of drug-likeness (QED) is 0.649. The zero-order chi connectivity index (χ0) is 9.68. The Balaban J connectivity index is 2.40. The van der Waals surface area contributed by atoms with Crippen molar-refractivity contribution in [1.82, 2.24) is 10.2 Å². The van der Waals surface area contributed by atoms with E-state index in [1.54, 1.807) is 11.0 Å². The van der Waals surface area contributed by atoms with Crippen LogP contribution in [0.4, 0.5) is 0 Å². The van der Waals surface area contributed by atoms with Gasteiger partial charge in [-0.05, 0) is 19.4 Å². The van der Waals surface area contributed by atoms with Gasteiger partial charge in [-0.25, -0.2) is 0 Å². The summed E-state index contributed by atoms with van der Waals surface area (Å²) in [6, 6.07) is 0. The van der Waals surface area contributed by atoms with Crippen molar-refractivity contribution in [2.24, 2.45) is 5.92 Å². The van der Waals surface area contributed by atoms with Crippen LogP contribution in [0.25, 0.3) is 0 Å². The molecule has 13 heavy (non-hydrogen) atoms. The third-order valence-corrected chi connectivity index (χ3v) is 2.43. The molecule has 0 bridgehead atoms. The number of likely N-dealkylation sites (N-methyl/N-ethyl adjacent to an activating group) is 1. The molecular formula is C10H18N2O. The second-order valence-electron chi connectivity index (χ2n) is 3.55. The zero-order valence-corrected chi connectivity index (χ0v) is 8.25. The fourth-order valence-electron chi connectivity index (χ4n) is 1.66. The summed E-state index contributed by atoms with van der Waals surface area (Å²) in [5.41, 5.74) is 0. The van der Waals surface area contributed by atoms with Gasteiger partial charge in [-0.3, -0.25) is 4.79 Å². The van der Waals surface area contributed by atoms with Crippen LogP contribution in [0.3, 0.4) is 0 Å². The Morgan fingerprint density at radius 1 is 1.77 bits per heavy atom. The Morgan fingerprint density at radius 3 is 3.08 bits per heavy atom. The highest BCUT2D eigenvalue weighted by Crippen LogP contribution is 2.12. The van der Waals surface area contributed by atoms with E-state index in [1.807, 2.05) is 7.05 Å². The first-order valence-corrected chi connectivity index (χ1v) is 4.82. The molecule has 0 unspecified atom stereocenters. The first-order chi connectivity index (χ1) is 6.25. The third-order valence-electron chi connectivity index (χ3n) is 2.43. The SMILES string of the molecule is C=CCN(C)C(=O)[C@H]1CCCNC1. The van der Waals surface area contributed by atoms with E-state index in [1.165, 1.54) is 0 Å². The van der Waals surface area contributed by atoms with E-state index in [2.05, 4.69) is 11.9 Å². The molecule has 1 rings (SSSR count). The lowest BCUT2D eigenvalue weighted by molar-refractivity contribution is -0.134. The van der Waals surface area contributed by atoms with Gasteiger partial charge >= 0.3 is 0 Å². The number of rotatable bonds is 3. The van der Waals surface area contributed by atoms with Crippen LogP contribution >= 0.6 is 0 Å². The fraction of sp³-hybridized carbons (Fsp3) is 0.700. The lowest BCUT2D eigenvalue weighted by Crippen LogP contribution is -2.41. The molecule has 1 fully saturated rings. The molecule has 74 valence electrons. The van der Waals surface area contributed by atoms with Gasteiger partial charge in [0.05, 0.1) is 5.92 Å². The molecule has 0 aliphatic carbocycles. The van der Waals surface area contributed by atoms with Crippen molar-refractivity contribution in [2.45, 2.75) is 12.8 Å². The first kappa shape index (κ1) is 10.3. The maximum Gasteiger partial charge on any atom is 0.226 e. The molecule has 0 radical (unpaired) electrons. The first-order valence-electron chi connectivity index (χ1n) is 4.82. The average Bonchev–Trinajstić information content (AvgIpc) is 2.18. The van der Waals surface area contributed by atoms with Gasteiger partial charge in [-0.1, -0.05) is 6.08 Å². The van der Waals surface area contributed by atoms with Crippen molar-refractivity contribution in [2.75, 3.05) is 26.7 Å². The minimum Gasteiger partial charge on any atom is -0.342 e. The third kappa shape index (κ3) is 2.84. The average molecular weight is 182 g/mol. The number of hydrogen-bond acceptors (Lipinski definition) is 2. The van der Waals surface area contributed by atoms with Crippen molar-refractivity contribution < 1.29 is 4.79 Å². The lowest BCUT2D eigenvalue weighted by atomic mass is 9.98. The second kappa shape index (κ2) is 5.02. The summed E-state index contributed by atoms with van der Waals surface area (Å²) < 4.78 is 0. The van der Waals surface area contributed by atoms with Crippen LogP contribution in [-0.2, 0) is 4.79 Å². The standard InChI is InChI=1S/C10H18N2O/c1-3-7-12(2)10(13)9-5-4-6-11-8-9/h3,9,11H,1,4-8H2,2H3/t9-/m0/s1. The number of hydrogen-bond donors (Lipinski definition) is 1. The molecule has 0 aromatic heterocycles. The molecule has 3 heteroatoms. The molecule has 1 amide bonds. The Kier molecular flexibility index (Phi) is 3.96. The predicted molar refractivity (Wildman–Crippen MR) is 53.4 cm³/mol. The fourth-order valence-corrected chi connectivity index (χ4v) is 1.66. The summed E-state index contributed by atoms with van der Waals surface area (Å²) in [4.78, 5) is 13.5. The van der Waals surface area contributed by atoms with Crippen LogP contribution in [-0.4, -0.2) is 37.5 Å². The molecular weight excluding hydrogens is 164 g/mol. The summed E-state index contributed by atoms with van der Waals surface area (Å²) in [7, 11) is 1.83. The van der Waals surface area contributed by atoms with Crippen LogP contribution < -0.4 is 5.32 Å². The van der Waals surface area contributed by atoms with Crippen LogP contribution in [0.2, 0.25) is 0 Å². The molecule has 1 atom stereocenters. The smallest absolute Gasteiger partial charge is 0.226 e. The number of amides is 1. The van der Waals surface area contributed by atoms with E-state index < -0.39 is 0 Å². The molecule has 1 saturated heterocycles. The van der Waals surface area contributed by atoms with Gasteiger partial charge in [0, 0.05) is 20.1 Å². The lowest BCUT2D eigenvalue weighted by Gasteiger charge is -2.26. The Morgan fingerprint density at radius 2 is 2.54 bits per heavy atom. The molecule has 1 aliphatic rings. The summed E-state index contributed by atoms with van der Waals surface area (Å²) in [5, 5.41) is 3.24. The monoisotopic (exact) mass is 182 g/mol. The van der Waals surface area contributed by atoms with Crippen molar-refractivity contribution in [3.63, 3.8) is 0 Å². The van der Waals surface area contributed by atoms with Gasteiger partial charge in [-0.15, -0.1) is 6.58 Å². The molecule has 0 saturated carbocycles. The predicted octanol–water partition coefficient (Wildman–Crippen LogP) is 0.630. The van der Waals surface area contributed by atoms with Crippen LogP contribution in [0.5, 0.6) is 0 Å². The van der Waals surface area contributed by atoms with E-state index in [-0.39, 0.29) is 11.8 Å². The van der Waals surface area contributed by atoms with Crippen molar-refractivity contribution >= 4 is 5.91 Å². The highest BCUT2D eigenvalue weighted by Gasteiger charge is 2.22. The van der Waals surface area contributed by atoms with E-state index in [4.69, 9.17) is 0 Å². The normalized spacial score (nSPS) is 22.4. The number of nitrogens with zero attached hydrogens (tertiary/aromatic N) is 1. The number of carbonyl (C=O) groups excluding carboxylic acids is 1. The number of piperidine rings is 1. The van der Waals surface area contributed by atoms with Crippen molar-refractivity contribution in [1.29, 1.82) is 0 Å². The summed E-state index contributed by atoms with van der Waals surface area (Å²) in [6.45, 7) is 6.15. The number of carbonyl (C=O) groups is 1. The molecule has 1 aliphatic heterocycles. The van der Waals surface area contributed by atoms with Gasteiger partial charge in [0.1, 0.15) is 0 Å². The summed E-state index contributed by atoms with van der Waals surface area (Å²) in [5.74, 6) is 0.422. The minimum absolute atomic E-state index is 0.179. The largest absolute Gasteiger partial charge is 0.342 e. The summed E-state index contributed by atoms with van der Waals surface area (Å²) >= 11 is 0. The van der Waals surface area contributed by atoms with Gasteiger partial charge in [0.2, 0.25) is 5.91 Å². The van der Waals surface area contributed by atoms with Crippen molar-refractivity contribution in [3.8, 4) is 0 Å². The van der Waals surface area contributed by atoms with E-state index in [0.717, 1.165) is 25.9 Å². The second-order valence-corrected chi connectivity index (χ2v) is 3.55. The van der Waals surface area contributed by atoms with E-state index >= 15 is 0 Å². The zero-order valence-electron chi connectivity index (χ0n) is 8.25. The van der Waals surface area contributed by atoms with Gasteiger partial charge < -0.3 is 10.2 Å². The number of nitrogens with one attached hydrogen (secondary N) is 1. The van der Waals surface area contributed by atoms with Gasteiger partial charge in [-0.2, -0.15) is 0 Å². The van der Waals surface area contributed by atoms with Crippen LogP contribution in [0.15, 0.2) is 12.7 Å². The van der Waals surface area contributed by atoms with Gasteiger partial charge in [0.15, 0.2) is 0 Å². The van der Waals surface area contributed by atoms with Crippen molar-refractivity contribution in [3.05, 3.63) is 12.7 Å². The Hall–Kier alpha value is -0.830. The minimum atomic E-state index is 0.179. The van der Waals surface area contributed by atoms with E-state index in [0.29, 0.717) is 6.54 Å². The topological polar surface area (TPSA) is 32.3 Å². The molecule has 0 aromatic rings. The van der Waals surface area contributed by atoms with E-state index in [9.17, 15) is 4.79 Å². The van der Waals surface area contributed by atoms with Crippen LogP contribution in [0, 0.1) is 5.92 Å². The highest BCUT2D eigenvalue weighted by atomic mass is 16.2. The molecule has 0 aromatic carbocycles. The molecule has 1 N–H and O–H groups in total. The maximum atomic E-state index is 11.7. The molecule has 0 spiro atoms. The van der Waals surface area contributed by atoms with Crippen LogP contribution in [0.1, 0.15) is 12.8 Å². The summed E-state index contributed by atoms with van der Waals surface area (Å²) in [6.07, 6.45) is 3.89. The molecule has 1 heterocycles. The maximum absolute atomic E-state index is 11.7. The Bertz CT molecular complexity index is 185.